The lowest BCUT2D eigenvalue weighted by Crippen LogP contribution is -1.85. The van der Waals surface area contributed by atoms with Gasteiger partial charge in [0, 0.05) is 0 Å². The average molecular weight is 244 g/mol. The van der Waals surface area contributed by atoms with Crippen molar-refractivity contribution < 1.29 is 8.60 Å². The smallest absolute Gasteiger partial charge is 0.123 e. The van der Waals surface area contributed by atoms with Gasteiger partial charge in [-0.25, -0.2) is 8.60 Å². The molecule has 14 heavy (non-hydrogen) atoms. The molecule has 0 spiro atoms. The summed E-state index contributed by atoms with van der Waals surface area (Å²) in [5, 5.41) is 0. The zero-order valence-corrected chi connectivity index (χ0v) is 9.35. The first kappa shape index (κ1) is 10.0. The summed E-state index contributed by atoms with van der Waals surface area (Å²) in [7, 11) is 0.0107. The predicted molar refractivity (Wildman–Crippen MR) is 62.7 cm³/mol. The van der Waals surface area contributed by atoms with Crippen LogP contribution in [0, 0.1) is 5.82 Å². The Hall–Kier alpha value is -0.520. The maximum Gasteiger partial charge on any atom is 0.123 e. The molecule has 1 aliphatic heterocycles. The lowest BCUT2D eigenvalue weighted by Gasteiger charge is -1.98. The Morgan fingerprint density at radius 1 is 1.29 bits per heavy atom. The zero-order valence-electron chi connectivity index (χ0n) is 6.90. The Morgan fingerprint density at radius 3 is 2.43 bits per heavy atom. The fourth-order valence-electron chi connectivity index (χ4n) is 1.09. The van der Waals surface area contributed by atoms with Crippen LogP contribution in [0.25, 0.3) is 4.91 Å². The van der Waals surface area contributed by atoms with Gasteiger partial charge in [-0.15, -0.1) is 0 Å². The molecule has 0 saturated heterocycles. The second-order valence-corrected chi connectivity index (χ2v) is 6.27. The van der Waals surface area contributed by atoms with Crippen molar-refractivity contribution in [3.8, 4) is 0 Å². The van der Waals surface area contributed by atoms with Crippen LogP contribution in [0.1, 0.15) is 5.56 Å². The highest BCUT2D eigenvalue weighted by atomic mass is 33.1. The summed E-state index contributed by atoms with van der Waals surface area (Å²) in [6.45, 7) is 0. The topological polar surface area (TPSA) is 17.1 Å². The first-order chi connectivity index (χ1) is 6.66. The lowest BCUT2D eigenvalue weighted by atomic mass is 10.2. The maximum atomic E-state index is 12.6. The third kappa shape index (κ3) is 1.94. The van der Waals surface area contributed by atoms with Crippen molar-refractivity contribution in [1.82, 2.24) is 0 Å². The molecule has 0 amide bonds. The van der Waals surface area contributed by atoms with Gasteiger partial charge in [-0.3, -0.25) is 0 Å². The summed E-state index contributed by atoms with van der Waals surface area (Å²) in [6.07, 6.45) is 1.70. The second-order valence-electron chi connectivity index (χ2n) is 2.65. The van der Waals surface area contributed by atoms with E-state index in [1.165, 1.54) is 12.1 Å². The van der Waals surface area contributed by atoms with Gasteiger partial charge in [0.05, 0.1) is 9.10 Å². The number of hydrogen-bond donors (Lipinski definition) is 0. The van der Waals surface area contributed by atoms with E-state index in [1.807, 2.05) is 0 Å². The lowest BCUT2D eigenvalue weighted by molar-refractivity contribution is 0.627. The summed E-state index contributed by atoms with van der Waals surface area (Å²) in [4.78, 5) is 0.667. The van der Waals surface area contributed by atoms with E-state index in [4.69, 9.17) is 12.2 Å². The molecule has 1 nitrogen and oxygen atoms in total. The number of benzene rings is 1. The largest absolute Gasteiger partial charge is 0.242 e. The molecule has 0 fully saturated rings. The van der Waals surface area contributed by atoms with Gasteiger partial charge in [0.1, 0.15) is 15.6 Å². The Kier molecular flexibility index (Phi) is 2.80. The maximum absolute atomic E-state index is 12.6. The van der Waals surface area contributed by atoms with Crippen LogP contribution in [-0.4, -0.2) is 8.41 Å². The molecule has 1 atom stereocenters. The van der Waals surface area contributed by atoms with Crippen molar-refractivity contribution in [2.24, 2.45) is 0 Å². The molecule has 5 heteroatoms. The Labute approximate surface area is 92.3 Å². The molecular formula is C9H5FOS3. The van der Waals surface area contributed by atoms with Crippen LogP contribution in [0.3, 0.4) is 0 Å². The van der Waals surface area contributed by atoms with Crippen LogP contribution in [0.5, 0.6) is 0 Å². The monoisotopic (exact) mass is 244 g/mol. The van der Waals surface area contributed by atoms with Crippen LogP contribution in [0.15, 0.2) is 30.3 Å². The predicted octanol–water partition coefficient (Wildman–Crippen LogP) is 2.90. The first-order valence-electron chi connectivity index (χ1n) is 3.78. The van der Waals surface area contributed by atoms with Gasteiger partial charge in [0.15, 0.2) is 0 Å². The molecule has 2 rings (SSSR count). The molecule has 1 aromatic carbocycles. The average Bonchev–Trinajstić information content (AvgIpc) is 2.47. The van der Waals surface area contributed by atoms with Gasteiger partial charge < -0.3 is 0 Å². The van der Waals surface area contributed by atoms with E-state index in [2.05, 4.69) is 0 Å². The molecule has 1 heterocycles. The Bertz CT molecular complexity index is 436. The third-order valence-electron chi connectivity index (χ3n) is 1.72. The normalized spacial score (nSPS) is 21.1. The van der Waals surface area contributed by atoms with Crippen LogP contribution in [-0.2, 0) is 9.83 Å². The number of thiocarbonyl (C=S) groups is 1. The van der Waals surface area contributed by atoms with Crippen molar-refractivity contribution in [2.75, 3.05) is 0 Å². The molecule has 0 aromatic heterocycles. The van der Waals surface area contributed by atoms with E-state index in [0.29, 0.717) is 9.10 Å². The Balaban J connectivity index is 2.41. The van der Waals surface area contributed by atoms with Crippen molar-refractivity contribution in [1.29, 1.82) is 0 Å². The highest BCUT2D eigenvalue weighted by Gasteiger charge is 2.20. The molecular weight excluding hydrogens is 239 g/mol. The Morgan fingerprint density at radius 2 is 1.93 bits per heavy atom. The SMILES string of the molecule is O=S1SC(=S)C=C1c1ccc(F)cc1. The van der Waals surface area contributed by atoms with E-state index in [9.17, 15) is 8.60 Å². The molecule has 72 valence electrons. The highest BCUT2D eigenvalue weighted by molar-refractivity contribution is 8.80. The number of hydrogen-bond acceptors (Lipinski definition) is 3. The van der Waals surface area contributed by atoms with E-state index < -0.39 is 9.83 Å². The van der Waals surface area contributed by atoms with Crippen LogP contribution in [0.2, 0.25) is 0 Å². The molecule has 1 unspecified atom stereocenters. The summed E-state index contributed by atoms with van der Waals surface area (Å²) in [6, 6.07) is 5.90. The van der Waals surface area contributed by atoms with Crippen molar-refractivity contribution in [2.45, 2.75) is 0 Å². The summed E-state index contributed by atoms with van der Waals surface area (Å²) in [5.74, 6) is -0.298. The van der Waals surface area contributed by atoms with Gasteiger partial charge in [-0.1, -0.05) is 24.4 Å². The summed E-state index contributed by atoms with van der Waals surface area (Å²) < 4.78 is 24.7. The molecule has 1 aromatic rings. The highest BCUT2D eigenvalue weighted by Crippen LogP contribution is 2.34. The molecule has 0 aliphatic carbocycles. The minimum absolute atomic E-state index is 0.298. The standard InChI is InChI=1S/C9H5FOS3/c10-7-3-1-6(2-4-7)8-5-9(12)13-14(8)11/h1-5H. The summed E-state index contributed by atoms with van der Waals surface area (Å²) >= 11 is 4.92. The number of halogens is 1. The van der Waals surface area contributed by atoms with Crippen LogP contribution in [0.4, 0.5) is 4.39 Å². The zero-order chi connectivity index (χ0) is 10.1. The van der Waals surface area contributed by atoms with E-state index in [-0.39, 0.29) is 5.82 Å². The third-order valence-corrected chi connectivity index (χ3v) is 5.08. The van der Waals surface area contributed by atoms with Crippen LogP contribution < -0.4 is 0 Å². The van der Waals surface area contributed by atoms with Crippen LogP contribution >= 0.6 is 23.0 Å². The minimum atomic E-state index is -1.13. The summed E-state index contributed by atoms with van der Waals surface area (Å²) in [5.41, 5.74) is 0.761. The van der Waals surface area contributed by atoms with Gasteiger partial charge >= 0.3 is 0 Å². The van der Waals surface area contributed by atoms with Gasteiger partial charge in [-0.05, 0) is 34.6 Å². The second kappa shape index (κ2) is 3.92. The molecule has 0 N–H and O–H groups in total. The minimum Gasteiger partial charge on any atom is -0.242 e. The van der Waals surface area contributed by atoms with Gasteiger partial charge in [0.2, 0.25) is 0 Å². The van der Waals surface area contributed by atoms with E-state index in [0.717, 1.165) is 16.4 Å². The first-order valence-corrected chi connectivity index (χ1v) is 6.67. The molecule has 1 aliphatic rings. The molecule has 0 bridgehead atoms. The fraction of sp³-hybridized carbons (Fsp3) is 0. The van der Waals surface area contributed by atoms with Gasteiger partial charge in [-0.2, -0.15) is 0 Å². The van der Waals surface area contributed by atoms with Gasteiger partial charge in [0.25, 0.3) is 0 Å². The van der Waals surface area contributed by atoms with Crippen molar-refractivity contribution in [3.05, 3.63) is 41.7 Å². The van der Waals surface area contributed by atoms with Crippen molar-refractivity contribution >= 4 is 41.9 Å². The van der Waals surface area contributed by atoms with E-state index in [1.54, 1.807) is 18.2 Å². The fourth-order valence-corrected chi connectivity index (χ4v) is 4.16. The van der Waals surface area contributed by atoms with E-state index >= 15 is 0 Å². The quantitative estimate of drug-likeness (QED) is 0.558. The molecule has 0 saturated carbocycles. The number of rotatable bonds is 1. The molecule has 0 radical (unpaired) electrons. The van der Waals surface area contributed by atoms with Crippen molar-refractivity contribution in [3.63, 3.8) is 0 Å².